The molecular weight excluding hydrogens is 536 g/mol. The molecule has 0 saturated heterocycles. The first-order chi connectivity index (χ1) is 20.3. The van der Waals surface area contributed by atoms with E-state index in [0.717, 1.165) is 40.0 Å². The Hall–Kier alpha value is -3.70. The van der Waals surface area contributed by atoms with Crippen molar-refractivity contribution in [1.82, 2.24) is 0 Å². The summed E-state index contributed by atoms with van der Waals surface area (Å²) in [6.45, 7) is 7.12. The van der Waals surface area contributed by atoms with Crippen molar-refractivity contribution in [2.45, 2.75) is 71.9 Å². The zero-order chi connectivity index (χ0) is 29.4. The van der Waals surface area contributed by atoms with Crippen molar-refractivity contribution in [3.8, 4) is 33.4 Å². The molecular formula is C37H40N2O2S. The Morgan fingerprint density at radius 3 is 2.19 bits per heavy atom. The van der Waals surface area contributed by atoms with Gasteiger partial charge in [0.05, 0.1) is 18.7 Å². The number of hydrogen-bond acceptors (Lipinski definition) is 4. The van der Waals surface area contributed by atoms with Crippen molar-refractivity contribution in [3.63, 3.8) is 0 Å². The van der Waals surface area contributed by atoms with Crippen LogP contribution >= 0.6 is 11.9 Å². The highest BCUT2D eigenvalue weighted by atomic mass is 32.2. The molecule has 0 spiro atoms. The zero-order valence-electron chi connectivity index (χ0n) is 25.1. The van der Waals surface area contributed by atoms with Crippen LogP contribution in [0.1, 0.15) is 59.9 Å². The topological polar surface area (TPSA) is 52.6 Å². The van der Waals surface area contributed by atoms with Gasteiger partial charge in [-0.15, -0.1) is 0 Å². The van der Waals surface area contributed by atoms with E-state index >= 15 is 0 Å². The van der Waals surface area contributed by atoms with Gasteiger partial charge in [0, 0.05) is 23.5 Å². The molecule has 1 aliphatic carbocycles. The van der Waals surface area contributed by atoms with Gasteiger partial charge in [0.1, 0.15) is 0 Å². The highest BCUT2D eigenvalue weighted by Crippen LogP contribution is 2.50. The summed E-state index contributed by atoms with van der Waals surface area (Å²) in [5.41, 5.74) is 15.0. The number of aliphatic carboxylic acids is 1. The maximum Gasteiger partial charge on any atom is 0.307 e. The molecule has 0 aromatic heterocycles. The zero-order valence-corrected chi connectivity index (χ0v) is 25.9. The van der Waals surface area contributed by atoms with Crippen LogP contribution in [0.5, 0.6) is 0 Å². The van der Waals surface area contributed by atoms with E-state index in [2.05, 4.69) is 103 Å². The summed E-state index contributed by atoms with van der Waals surface area (Å²) in [6, 6.07) is 24.8. The van der Waals surface area contributed by atoms with E-state index in [-0.39, 0.29) is 6.42 Å². The molecule has 1 heterocycles. The van der Waals surface area contributed by atoms with Crippen LogP contribution < -0.4 is 9.62 Å². The average Bonchev–Trinajstić information content (AvgIpc) is 3.00. The number of carboxylic acids is 1. The molecule has 6 rings (SSSR count). The van der Waals surface area contributed by atoms with Gasteiger partial charge in [-0.1, -0.05) is 85.3 Å². The lowest BCUT2D eigenvalue weighted by molar-refractivity contribution is -0.136. The Bertz CT molecular complexity index is 1620. The molecule has 0 bridgehead atoms. The SMILES string of the molecule is CSN1Cc2cc(-c3ccc(NC4CCCCC4)cc3)ccc2-c2c(C)c(-c3ccc(C)cc3)c(CC(=O)O)c(C)c21. The Balaban J connectivity index is 1.43. The molecule has 5 heteroatoms. The predicted octanol–water partition coefficient (Wildman–Crippen LogP) is 9.58. The first-order valence-electron chi connectivity index (χ1n) is 15.1. The molecule has 42 heavy (non-hydrogen) atoms. The van der Waals surface area contributed by atoms with Crippen LogP contribution in [0.3, 0.4) is 0 Å². The number of hydrogen-bond donors (Lipinski definition) is 2. The summed E-state index contributed by atoms with van der Waals surface area (Å²) < 4.78 is 2.34. The van der Waals surface area contributed by atoms with Gasteiger partial charge in [0.2, 0.25) is 0 Å². The van der Waals surface area contributed by atoms with Crippen molar-refractivity contribution in [2.24, 2.45) is 0 Å². The average molecular weight is 577 g/mol. The van der Waals surface area contributed by atoms with Crippen LogP contribution in [-0.2, 0) is 17.8 Å². The predicted molar refractivity (Wildman–Crippen MR) is 178 cm³/mol. The van der Waals surface area contributed by atoms with Crippen LogP contribution in [0.25, 0.3) is 33.4 Å². The van der Waals surface area contributed by atoms with Crippen molar-refractivity contribution in [2.75, 3.05) is 15.9 Å². The number of fused-ring (bicyclic) bond motifs is 3. The van der Waals surface area contributed by atoms with Gasteiger partial charge in [-0.3, -0.25) is 4.79 Å². The quantitative estimate of drug-likeness (QED) is 0.215. The molecule has 0 atom stereocenters. The van der Waals surface area contributed by atoms with Gasteiger partial charge in [-0.05, 0) is 102 Å². The number of rotatable bonds is 7. The summed E-state index contributed by atoms with van der Waals surface area (Å²) in [7, 11) is 0. The lowest BCUT2D eigenvalue weighted by Gasteiger charge is -2.36. The Morgan fingerprint density at radius 1 is 0.857 bits per heavy atom. The summed E-state index contributed by atoms with van der Waals surface area (Å²) in [6.07, 6.45) is 8.66. The third kappa shape index (κ3) is 5.43. The van der Waals surface area contributed by atoms with E-state index in [1.807, 2.05) is 0 Å². The van der Waals surface area contributed by atoms with E-state index in [9.17, 15) is 9.90 Å². The molecule has 4 aromatic carbocycles. The van der Waals surface area contributed by atoms with Crippen molar-refractivity contribution in [3.05, 3.63) is 94.5 Å². The molecule has 4 nitrogen and oxygen atoms in total. The van der Waals surface area contributed by atoms with E-state index in [0.29, 0.717) is 6.04 Å². The van der Waals surface area contributed by atoms with Gasteiger partial charge in [0.25, 0.3) is 0 Å². The van der Waals surface area contributed by atoms with Crippen molar-refractivity contribution < 1.29 is 9.90 Å². The maximum absolute atomic E-state index is 12.1. The monoisotopic (exact) mass is 576 g/mol. The normalized spacial score (nSPS) is 14.8. The molecule has 2 aliphatic rings. The molecule has 216 valence electrons. The Morgan fingerprint density at radius 2 is 1.52 bits per heavy atom. The second kappa shape index (κ2) is 11.9. The molecule has 4 aromatic rings. The van der Waals surface area contributed by atoms with Crippen LogP contribution in [0.4, 0.5) is 11.4 Å². The smallest absolute Gasteiger partial charge is 0.307 e. The van der Waals surface area contributed by atoms with E-state index < -0.39 is 5.97 Å². The van der Waals surface area contributed by atoms with E-state index in [1.54, 1.807) is 11.9 Å². The third-order valence-electron chi connectivity index (χ3n) is 9.12. The first-order valence-corrected chi connectivity index (χ1v) is 16.3. The number of benzene rings is 4. The molecule has 0 radical (unpaired) electrons. The molecule has 1 fully saturated rings. The van der Waals surface area contributed by atoms with Gasteiger partial charge >= 0.3 is 5.97 Å². The van der Waals surface area contributed by atoms with E-state index in [4.69, 9.17) is 0 Å². The minimum Gasteiger partial charge on any atom is -0.481 e. The second-order valence-electron chi connectivity index (χ2n) is 11.9. The Labute approximate surface area is 254 Å². The minimum absolute atomic E-state index is 0.00276. The molecule has 0 amide bonds. The standard InChI is InChI=1S/C37H40N2O2S/c1-23-10-12-27(13-11-23)35-25(3)36-32-19-16-28(26-14-17-31(18-15-26)38-30-8-6-5-7-9-30)20-29(32)22-39(42-4)37(36)24(2)33(35)21-34(40)41/h10-20,30,38H,5-9,21-22H2,1-4H3,(H,40,41). The van der Waals surface area contributed by atoms with Crippen LogP contribution in [0.15, 0.2) is 66.7 Å². The first kappa shape index (κ1) is 28.4. The number of nitrogens with one attached hydrogen (secondary N) is 1. The van der Waals surface area contributed by atoms with Crippen molar-refractivity contribution >= 4 is 29.3 Å². The number of anilines is 2. The fourth-order valence-corrected chi connectivity index (χ4v) is 7.63. The third-order valence-corrected chi connectivity index (χ3v) is 9.87. The number of carbonyl (C=O) groups is 1. The van der Waals surface area contributed by atoms with Crippen molar-refractivity contribution in [1.29, 1.82) is 0 Å². The van der Waals surface area contributed by atoms with Gasteiger partial charge < -0.3 is 14.7 Å². The molecule has 0 unspecified atom stereocenters. The molecule has 2 N–H and O–H groups in total. The highest BCUT2D eigenvalue weighted by Gasteiger charge is 2.30. The van der Waals surface area contributed by atoms with Crippen LogP contribution in [0.2, 0.25) is 0 Å². The number of nitrogens with zero attached hydrogens (tertiary/aromatic N) is 1. The maximum atomic E-state index is 12.1. The van der Waals surface area contributed by atoms with Gasteiger partial charge in [-0.2, -0.15) is 0 Å². The summed E-state index contributed by atoms with van der Waals surface area (Å²) >= 11 is 1.70. The summed E-state index contributed by atoms with van der Waals surface area (Å²) in [4.78, 5) is 12.1. The van der Waals surface area contributed by atoms with Gasteiger partial charge in [-0.25, -0.2) is 0 Å². The largest absolute Gasteiger partial charge is 0.481 e. The van der Waals surface area contributed by atoms with Crippen LogP contribution in [0, 0.1) is 20.8 Å². The fraction of sp³-hybridized carbons (Fsp3) is 0.324. The fourth-order valence-electron chi connectivity index (χ4n) is 6.95. The number of aryl methyl sites for hydroxylation is 1. The second-order valence-corrected chi connectivity index (χ2v) is 12.7. The Kier molecular flexibility index (Phi) is 8.04. The lowest BCUT2D eigenvalue weighted by Crippen LogP contribution is -2.22. The van der Waals surface area contributed by atoms with Crippen LogP contribution in [-0.4, -0.2) is 23.4 Å². The summed E-state index contributed by atoms with van der Waals surface area (Å²) in [5, 5.41) is 13.6. The van der Waals surface area contributed by atoms with E-state index in [1.165, 1.54) is 71.2 Å². The summed E-state index contributed by atoms with van der Waals surface area (Å²) in [5.74, 6) is -0.803. The van der Waals surface area contributed by atoms with Gasteiger partial charge in [0.15, 0.2) is 0 Å². The lowest BCUT2D eigenvalue weighted by atomic mass is 9.80. The highest BCUT2D eigenvalue weighted by molar-refractivity contribution is 7.99. The molecule has 1 aliphatic heterocycles. The minimum atomic E-state index is -0.803. The number of carboxylic acid groups (broad SMARTS) is 1. The molecule has 1 saturated carbocycles.